The highest BCUT2D eigenvalue weighted by atomic mass is 14.5. The Labute approximate surface area is 76.7 Å². The lowest BCUT2D eigenvalue weighted by Gasteiger charge is -2.34. The Morgan fingerprint density at radius 1 is 1.25 bits per heavy atom. The van der Waals surface area contributed by atoms with Gasteiger partial charge in [-0.05, 0) is 42.4 Å². The molecule has 2 aliphatic carbocycles. The smallest absolute Gasteiger partial charge is 0.0349 e. The van der Waals surface area contributed by atoms with Gasteiger partial charge in [0.15, 0.2) is 0 Å². The van der Waals surface area contributed by atoms with Gasteiger partial charge in [-0.15, -0.1) is 0 Å². The van der Waals surface area contributed by atoms with Crippen molar-refractivity contribution in [1.29, 1.82) is 0 Å². The average molecular weight is 166 g/mol. The van der Waals surface area contributed by atoms with Crippen molar-refractivity contribution in [2.24, 2.45) is 29.6 Å². The molecule has 0 radical (unpaired) electrons. The summed E-state index contributed by atoms with van der Waals surface area (Å²) in [6.45, 7) is 7.22. The molecular formula is C12H22. The van der Waals surface area contributed by atoms with Crippen molar-refractivity contribution in [2.45, 2.75) is 46.5 Å². The number of rotatable bonds is 3. The van der Waals surface area contributed by atoms with Crippen molar-refractivity contribution in [3.05, 3.63) is 0 Å². The van der Waals surface area contributed by atoms with Crippen LogP contribution in [0, 0.1) is 29.6 Å². The first kappa shape index (κ1) is 8.59. The van der Waals surface area contributed by atoms with Gasteiger partial charge in [-0.2, -0.15) is 0 Å². The molecule has 0 aromatic carbocycles. The third-order valence-electron chi connectivity index (χ3n) is 4.50. The van der Waals surface area contributed by atoms with Crippen LogP contribution < -0.4 is 0 Å². The number of hydrogen-bond donors (Lipinski definition) is 0. The third kappa shape index (κ3) is 1.30. The molecule has 0 bridgehead atoms. The van der Waals surface area contributed by atoms with Gasteiger partial charge >= 0.3 is 0 Å². The van der Waals surface area contributed by atoms with E-state index in [0.29, 0.717) is 0 Å². The predicted octanol–water partition coefficient (Wildman–Crippen LogP) is 3.71. The Morgan fingerprint density at radius 2 is 2.00 bits per heavy atom. The highest BCUT2D eigenvalue weighted by molar-refractivity contribution is 4.98. The molecule has 2 aliphatic rings. The minimum atomic E-state index is 1.00. The van der Waals surface area contributed by atoms with Crippen molar-refractivity contribution in [2.75, 3.05) is 0 Å². The van der Waals surface area contributed by atoms with Crippen LogP contribution in [-0.2, 0) is 0 Å². The van der Waals surface area contributed by atoms with Crippen LogP contribution in [0.5, 0.6) is 0 Å². The fraction of sp³-hybridized carbons (Fsp3) is 1.00. The lowest BCUT2D eigenvalue weighted by molar-refractivity contribution is 0.154. The molecule has 0 aliphatic heterocycles. The molecule has 0 saturated heterocycles. The van der Waals surface area contributed by atoms with Gasteiger partial charge in [0.05, 0.1) is 0 Å². The lowest BCUT2D eigenvalue weighted by Crippen LogP contribution is -2.25. The van der Waals surface area contributed by atoms with Gasteiger partial charge in [-0.1, -0.05) is 33.6 Å². The van der Waals surface area contributed by atoms with Gasteiger partial charge in [0.25, 0.3) is 0 Å². The first-order valence-corrected chi connectivity index (χ1v) is 5.74. The van der Waals surface area contributed by atoms with Gasteiger partial charge in [0.2, 0.25) is 0 Å². The van der Waals surface area contributed by atoms with E-state index < -0.39 is 0 Å². The Balaban J connectivity index is 1.79. The summed E-state index contributed by atoms with van der Waals surface area (Å²) in [5.41, 5.74) is 0. The average Bonchev–Trinajstić information content (AvgIpc) is 2.80. The Morgan fingerprint density at radius 3 is 2.42 bits per heavy atom. The molecule has 0 aromatic heterocycles. The zero-order chi connectivity index (χ0) is 8.72. The number of hydrogen-bond acceptors (Lipinski definition) is 0. The van der Waals surface area contributed by atoms with Gasteiger partial charge in [-0.25, -0.2) is 0 Å². The topological polar surface area (TPSA) is 0 Å². The monoisotopic (exact) mass is 166 g/mol. The SMILES string of the molecule is CCC(C)C1CC1C1CCC1C. The molecule has 12 heavy (non-hydrogen) atoms. The second-order valence-corrected chi connectivity index (χ2v) is 5.17. The molecule has 0 N–H and O–H groups in total. The van der Waals surface area contributed by atoms with E-state index in [1.165, 1.54) is 12.8 Å². The molecule has 2 saturated carbocycles. The molecule has 0 spiro atoms. The van der Waals surface area contributed by atoms with E-state index in [0.717, 1.165) is 29.6 Å². The second kappa shape index (κ2) is 3.05. The Kier molecular flexibility index (Phi) is 2.18. The minimum Gasteiger partial charge on any atom is -0.0651 e. The zero-order valence-corrected chi connectivity index (χ0v) is 8.72. The molecule has 0 aromatic rings. The fourth-order valence-electron chi connectivity index (χ4n) is 3.01. The van der Waals surface area contributed by atoms with Gasteiger partial charge < -0.3 is 0 Å². The van der Waals surface area contributed by atoms with Crippen LogP contribution in [0.4, 0.5) is 0 Å². The van der Waals surface area contributed by atoms with Gasteiger partial charge in [-0.3, -0.25) is 0 Å². The maximum absolute atomic E-state index is 2.44. The maximum Gasteiger partial charge on any atom is -0.0349 e. The summed E-state index contributed by atoms with van der Waals surface area (Å²) >= 11 is 0. The zero-order valence-electron chi connectivity index (χ0n) is 8.72. The normalized spacial score (nSPS) is 48.2. The molecule has 2 fully saturated rings. The fourth-order valence-corrected chi connectivity index (χ4v) is 3.01. The molecule has 0 nitrogen and oxygen atoms in total. The Hall–Kier alpha value is 0. The molecule has 0 heterocycles. The minimum absolute atomic E-state index is 1.00. The van der Waals surface area contributed by atoms with E-state index in [9.17, 15) is 0 Å². The Bertz CT molecular complexity index is 161. The van der Waals surface area contributed by atoms with Crippen molar-refractivity contribution in [3.8, 4) is 0 Å². The van der Waals surface area contributed by atoms with Crippen LogP contribution in [0.3, 0.4) is 0 Å². The summed E-state index contributed by atoms with van der Waals surface area (Å²) in [6.07, 6.45) is 6.00. The summed E-state index contributed by atoms with van der Waals surface area (Å²) in [5, 5.41) is 0. The molecule has 0 heteroatoms. The molecule has 0 amide bonds. The summed E-state index contributed by atoms with van der Waals surface area (Å²) in [7, 11) is 0. The summed E-state index contributed by atoms with van der Waals surface area (Å²) in [6, 6.07) is 0. The van der Waals surface area contributed by atoms with E-state index in [2.05, 4.69) is 20.8 Å². The molecule has 5 atom stereocenters. The molecular weight excluding hydrogens is 144 g/mol. The molecule has 5 unspecified atom stereocenters. The van der Waals surface area contributed by atoms with E-state index >= 15 is 0 Å². The van der Waals surface area contributed by atoms with E-state index in [1.54, 1.807) is 12.8 Å². The first-order valence-electron chi connectivity index (χ1n) is 5.74. The van der Waals surface area contributed by atoms with Crippen LogP contribution >= 0.6 is 0 Å². The summed E-state index contributed by atoms with van der Waals surface area (Å²) in [4.78, 5) is 0. The molecule has 70 valence electrons. The highest BCUT2D eigenvalue weighted by Gasteiger charge is 2.49. The van der Waals surface area contributed by atoms with Crippen LogP contribution in [-0.4, -0.2) is 0 Å². The van der Waals surface area contributed by atoms with Crippen LogP contribution in [0.2, 0.25) is 0 Å². The predicted molar refractivity (Wildman–Crippen MR) is 52.9 cm³/mol. The standard InChI is InChI=1S/C12H22/c1-4-8(2)11-7-12(11)10-6-5-9(10)3/h8-12H,4-7H2,1-3H3. The van der Waals surface area contributed by atoms with E-state index in [4.69, 9.17) is 0 Å². The largest absolute Gasteiger partial charge is 0.0651 e. The van der Waals surface area contributed by atoms with Gasteiger partial charge in [0, 0.05) is 0 Å². The quantitative estimate of drug-likeness (QED) is 0.599. The van der Waals surface area contributed by atoms with Crippen LogP contribution in [0.25, 0.3) is 0 Å². The van der Waals surface area contributed by atoms with Crippen LogP contribution in [0.15, 0.2) is 0 Å². The van der Waals surface area contributed by atoms with Crippen molar-refractivity contribution >= 4 is 0 Å². The maximum atomic E-state index is 2.44. The van der Waals surface area contributed by atoms with Crippen molar-refractivity contribution in [1.82, 2.24) is 0 Å². The first-order chi connectivity index (χ1) is 5.74. The van der Waals surface area contributed by atoms with E-state index in [1.807, 2.05) is 0 Å². The van der Waals surface area contributed by atoms with Gasteiger partial charge in [0.1, 0.15) is 0 Å². The summed E-state index contributed by atoms with van der Waals surface area (Å²) < 4.78 is 0. The third-order valence-corrected chi connectivity index (χ3v) is 4.50. The lowest BCUT2D eigenvalue weighted by atomic mass is 9.71. The molecule has 2 rings (SSSR count). The van der Waals surface area contributed by atoms with Crippen molar-refractivity contribution < 1.29 is 0 Å². The van der Waals surface area contributed by atoms with E-state index in [-0.39, 0.29) is 0 Å². The summed E-state index contributed by atoms with van der Waals surface area (Å²) in [5.74, 6) is 5.45. The second-order valence-electron chi connectivity index (χ2n) is 5.17. The highest BCUT2D eigenvalue weighted by Crippen LogP contribution is 2.57. The van der Waals surface area contributed by atoms with Crippen molar-refractivity contribution in [3.63, 3.8) is 0 Å². The van der Waals surface area contributed by atoms with Crippen LogP contribution in [0.1, 0.15) is 46.5 Å².